The summed E-state index contributed by atoms with van der Waals surface area (Å²) in [4.78, 5) is 29.9. The molecule has 3 heterocycles. The Bertz CT molecular complexity index is 810. The van der Waals surface area contributed by atoms with Gasteiger partial charge in [-0.05, 0) is 43.9 Å². The van der Waals surface area contributed by atoms with E-state index in [0.717, 1.165) is 49.2 Å². The molecule has 1 aromatic carbocycles. The standard InChI is InChI=1S/C21H26N2O4S/c1-21-9-8-19(24)23(21)16(12-28-21)20(25)22(15-4-2-3-5-15)11-14-6-7-17-18(10-14)27-13-26-17/h6-7,10,15-16H,2-5,8-9,11-13H2,1H3/t16-,21+/m0/s1. The predicted octanol–water partition coefficient (Wildman–Crippen LogP) is 3.14. The van der Waals surface area contributed by atoms with Crippen molar-refractivity contribution in [2.45, 2.75) is 68.9 Å². The lowest BCUT2D eigenvalue weighted by molar-refractivity contribution is -0.145. The van der Waals surface area contributed by atoms with E-state index in [1.807, 2.05) is 28.0 Å². The summed E-state index contributed by atoms with van der Waals surface area (Å²) in [6, 6.07) is 5.83. The van der Waals surface area contributed by atoms with Gasteiger partial charge in [0.25, 0.3) is 0 Å². The van der Waals surface area contributed by atoms with Crippen molar-refractivity contribution in [1.82, 2.24) is 9.80 Å². The Balaban J connectivity index is 1.41. The highest BCUT2D eigenvalue weighted by Gasteiger charge is 2.54. The molecule has 2 saturated heterocycles. The molecule has 3 aliphatic heterocycles. The Morgan fingerprint density at radius 3 is 2.89 bits per heavy atom. The number of nitrogens with zero attached hydrogens (tertiary/aromatic N) is 2. The first-order valence-electron chi connectivity index (χ1n) is 10.2. The molecule has 0 N–H and O–H groups in total. The number of benzene rings is 1. The number of fused-ring (bicyclic) bond motifs is 2. The Kier molecular flexibility index (Phi) is 4.45. The monoisotopic (exact) mass is 402 g/mol. The second-order valence-corrected chi connectivity index (χ2v) is 9.86. The molecule has 1 saturated carbocycles. The highest BCUT2D eigenvalue weighted by molar-refractivity contribution is 8.01. The molecular weight excluding hydrogens is 376 g/mol. The third kappa shape index (κ3) is 2.95. The Labute approximate surface area is 169 Å². The summed E-state index contributed by atoms with van der Waals surface area (Å²) >= 11 is 1.76. The van der Waals surface area contributed by atoms with Gasteiger partial charge in [0, 0.05) is 24.8 Å². The first kappa shape index (κ1) is 18.2. The topological polar surface area (TPSA) is 59.1 Å². The smallest absolute Gasteiger partial charge is 0.246 e. The van der Waals surface area contributed by atoms with Gasteiger partial charge in [-0.25, -0.2) is 0 Å². The minimum Gasteiger partial charge on any atom is -0.454 e. The average molecular weight is 403 g/mol. The molecule has 0 bridgehead atoms. The van der Waals surface area contributed by atoms with E-state index in [1.54, 1.807) is 11.8 Å². The van der Waals surface area contributed by atoms with Gasteiger partial charge < -0.3 is 19.3 Å². The van der Waals surface area contributed by atoms with Crippen molar-refractivity contribution in [1.29, 1.82) is 0 Å². The second kappa shape index (κ2) is 6.87. The fraction of sp³-hybridized carbons (Fsp3) is 0.619. The van der Waals surface area contributed by atoms with Gasteiger partial charge in [0.2, 0.25) is 18.6 Å². The van der Waals surface area contributed by atoms with Gasteiger partial charge >= 0.3 is 0 Å². The van der Waals surface area contributed by atoms with Crippen molar-refractivity contribution in [3.63, 3.8) is 0 Å². The third-order valence-corrected chi connectivity index (χ3v) is 8.07. The van der Waals surface area contributed by atoms with E-state index in [1.165, 1.54) is 0 Å². The summed E-state index contributed by atoms with van der Waals surface area (Å²) in [6.45, 7) is 2.91. The molecule has 5 rings (SSSR count). The number of carbonyl (C=O) groups excluding carboxylic acids is 2. The van der Waals surface area contributed by atoms with Crippen LogP contribution in [0.2, 0.25) is 0 Å². The summed E-state index contributed by atoms with van der Waals surface area (Å²) in [7, 11) is 0. The first-order valence-corrected chi connectivity index (χ1v) is 11.2. The number of carbonyl (C=O) groups is 2. The molecule has 1 aliphatic carbocycles. The minimum atomic E-state index is -0.334. The molecular formula is C21H26N2O4S. The normalized spacial score (nSPS) is 28.8. The molecule has 28 heavy (non-hydrogen) atoms. The van der Waals surface area contributed by atoms with Gasteiger partial charge in [0.05, 0.1) is 4.87 Å². The van der Waals surface area contributed by atoms with Crippen LogP contribution in [0.1, 0.15) is 51.0 Å². The minimum absolute atomic E-state index is 0.107. The predicted molar refractivity (Wildman–Crippen MR) is 106 cm³/mol. The van der Waals surface area contributed by atoms with E-state index in [2.05, 4.69) is 6.92 Å². The zero-order valence-corrected chi connectivity index (χ0v) is 17.0. The van der Waals surface area contributed by atoms with Gasteiger partial charge in [-0.15, -0.1) is 11.8 Å². The van der Waals surface area contributed by atoms with Crippen molar-refractivity contribution in [2.75, 3.05) is 12.5 Å². The highest BCUT2D eigenvalue weighted by atomic mass is 32.2. The molecule has 1 aromatic rings. The number of hydrogen-bond acceptors (Lipinski definition) is 5. The van der Waals surface area contributed by atoms with Crippen LogP contribution in [-0.4, -0.2) is 51.1 Å². The largest absolute Gasteiger partial charge is 0.454 e. The molecule has 0 spiro atoms. The molecule has 4 aliphatic rings. The van der Waals surface area contributed by atoms with Crippen LogP contribution in [0.5, 0.6) is 11.5 Å². The lowest BCUT2D eigenvalue weighted by Gasteiger charge is -2.36. The maximum Gasteiger partial charge on any atom is 0.246 e. The van der Waals surface area contributed by atoms with Crippen molar-refractivity contribution >= 4 is 23.6 Å². The second-order valence-electron chi connectivity index (χ2n) is 8.36. The summed E-state index contributed by atoms with van der Waals surface area (Å²) in [5, 5.41) is 0. The number of rotatable bonds is 4. The van der Waals surface area contributed by atoms with Gasteiger partial charge in [-0.3, -0.25) is 9.59 Å². The third-order valence-electron chi connectivity index (χ3n) is 6.57. The van der Waals surface area contributed by atoms with E-state index in [0.29, 0.717) is 18.7 Å². The maximum atomic E-state index is 13.7. The van der Waals surface area contributed by atoms with Crippen LogP contribution in [0.4, 0.5) is 0 Å². The van der Waals surface area contributed by atoms with Gasteiger partial charge in [0.15, 0.2) is 11.5 Å². The van der Waals surface area contributed by atoms with Gasteiger partial charge in [-0.1, -0.05) is 18.9 Å². The van der Waals surface area contributed by atoms with Crippen LogP contribution < -0.4 is 9.47 Å². The molecule has 0 aromatic heterocycles. The number of amides is 2. The Morgan fingerprint density at radius 1 is 1.29 bits per heavy atom. The molecule has 0 unspecified atom stereocenters. The van der Waals surface area contributed by atoms with E-state index in [4.69, 9.17) is 9.47 Å². The molecule has 6 nitrogen and oxygen atoms in total. The zero-order chi connectivity index (χ0) is 19.3. The van der Waals surface area contributed by atoms with Crippen molar-refractivity contribution in [2.24, 2.45) is 0 Å². The maximum absolute atomic E-state index is 13.7. The van der Waals surface area contributed by atoms with Crippen LogP contribution in [0.15, 0.2) is 18.2 Å². The SMILES string of the molecule is C[C@@]12CCC(=O)N1[C@H](C(=O)N(Cc1ccc3c(c1)OCO3)C1CCCC1)CS2. The molecule has 3 fully saturated rings. The van der Waals surface area contributed by atoms with Gasteiger partial charge in [0.1, 0.15) is 6.04 Å². The summed E-state index contributed by atoms with van der Waals surface area (Å²) in [5.74, 6) is 2.44. The van der Waals surface area contributed by atoms with Crippen molar-refractivity contribution in [3.8, 4) is 11.5 Å². The zero-order valence-electron chi connectivity index (χ0n) is 16.2. The Morgan fingerprint density at radius 2 is 2.07 bits per heavy atom. The van der Waals surface area contributed by atoms with Gasteiger partial charge in [-0.2, -0.15) is 0 Å². The fourth-order valence-corrected chi connectivity index (χ4v) is 6.46. The lowest BCUT2D eigenvalue weighted by Crippen LogP contribution is -2.53. The lowest BCUT2D eigenvalue weighted by atomic mass is 10.1. The molecule has 0 radical (unpaired) electrons. The quantitative estimate of drug-likeness (QED) is 0.774. The first-order chi connectivity index (χ1) is 13.5. The van der Waals surface area contributed by atoms with E-state index in [-0.39, 0.29) is 35.6 Å². The molecule has 7 heteroatoms. The Hall–Kier alpha value is -1.89. The van der Waals surface area contributed by atoms with Crippen molar-refractivity contribution in [3.05, 3.63) is 23.8 Å². The average Bonchev–Trinajstić information content (AvgIpc) is 3.45. The van der Waals surface area contributed by atoms with Crippen LogP contribution in [0.3, 0.4) is 0 Å². The summed E-state index contributed by atoms with van der Waals surface area (Å²) in [5.41, 5.74) is 1.05. The summed E-state index contributed by atoms with van der Waals surface area (Å²) in [6.07, 6.45) is 5.80. The van der Waals surface area contributed by atoms with Crippen LogP contribution >= 0.6 is 11.8 Å². The number of hydrogen-bond donors (Lipinski definition) is 0. The van der Waals surface area contributed by atoms with E-state index >= 15 is 0 Å². The van der Waals surface area contributed by atoms with E-state index < -0.39 is 0 Å². The van der Waals surface area contributed by atoms with Crippen LogP contribution in [0.25, 0.3) is 0 Å². The van der Waals surface area contributed by atoms with E-state index in [9.17, 15) is 9.59 Å². The van der Waals surface area contributed by atoms with Crippen LogP contribution in [0, 0.1) is 0 Å². The fourth-order valence-electron chi connectivity index (χ4n) is 5.03. The molecule has 150 valence electrons. The van der Waals surface area contributed by atoms with Crippen molar-refractivity contribution < 1.29 is 19.1 Å². The van der Waals surface area contributed by atoms with Crippen LogP contribution in [-0.2, 0) is 16.1 Å². The number of ether oxygens (including phenoxy) is 2. The summed E-state index contributed by atoms with van der Waals surface area (Å²) < 4.78 is 10.9. The number of thioether (sulfide) groups is 1. The molecule has 2 atom stereocenters. The molecule has 2 amide bonds. The highest BCUT2D eigenvalue weighted by Crippen LogP contribution is 2.48.